The highest BCUT2D eigenvalue weighted by Crippen LogP contribution is 2.45. The van der Waals surface area contributed by atoms with Crippen molar-refractivity contribution in [2.75, 3.05) is 5.33 Å². The van der Waals surface area contributed by atoms with Crippen molar-refractivity contribution in [2.45, 2.75) is 44.7 Å². The van der Waals surface area contributed by atoms with Crippen molar-refractivity contribution >= 4 is 15.9 Å². The molecule has 0 radical (unpaired) electrons. The SMILES string of the molecule is FC(F)(F)CC1(CBr)CCCCC1. The third-order valence-electron chi connectivity index (χ3n) is 2.77. The second-order valence-electron chi connectivity index (χ2n) is 3.99. The van der Waals surface area contributed by atoms with E-state index in [2.05, 4.69) is 15.9 Å². The van der Waals surface area contributed by atoms with E-state index in [9.17, 15) is 13.2 Å². The van der Waals surface area contributed by atoms with Crippen LogP contribution >= 0.6 is 15.9 Å². The largest absolute Gasteiger partial charge is 0.389 e. The maximum Gasteiger partial charge on any atom is 0.389 e. The van der Waals surface area contributed by atoms with E-state index >= 15 is 0 Å². The van der Waals surface area contributed by atoms with E-state index in [0.717, 1.165) is 32.1 Å². The van der Waals surface area contributed by atoms with E-state index in [1.807, 2.05) is 0 Å². The minimum absolute atomic E-state index is 0.486. The van der Waals surface area contributed by atoms with Crippen molar-refractivity contribution < 1.29 is 13.2 Å². The van der Waals surface area contributed by atoms with E-state index in [1.54, 1.807) is 0 Å². The van der Waals surface area contributed by atoms with Gasteiger partial charge in [0, 0.05) is 11.8 Å². The molecule has 0 aromatic carbocycles. The second-order valence-corrected chi connectivity index (χ2v) is 4.55. The molecule has 13 heavy (non-hydrogen) atoms. The summed E-state index contributed by atoms with van der Waals surface area (Å²) in [4.78, 5) is 0. The van der Waals surface area contributed by atoms with Crippen LogP contribution in [0.1, 0.15) is 38.5 Å². The van der Waals surface area contributed by atoms with Gasteiger partial charge < -0.3 is 0 Å². The van der Waals surface area contributed by atoms with Crippen LogP contribution in [-0.2, 0) is 0 Å². The molecule has 0 spiro atoms. The van der Waals surface area contributed by atoms with E-state index in [1.165, 1.54) is 0 Å². The van der Waals surface area contributed by atoms with Crippen LogP contribution in [-0.4, -0.2) is 11.5 Å². The molecule has 0 bridgehead atoms. The van der Waals surface area contributed by atoms with Crippen molar-refractivity contribution in [1.82, 2.24) is 0 Å². The lowest BCUT2D eigenvalue weighted by atomic mass is 9.73. The highest BCUT2D eigenvalue weighted by atomic mass is 79.9. The minimum atomic E-state index is -4.01. The molecule has 4 heteroatoms. The van der Waals surface area contributed by atoms with E-state index in [0.29, 0.717) is 5.33 Å². The number of alkyl halides is 4. The Hall–Kier alpha value is 0.270. The van der Waals surface area contributed by atoms with Gasteiger partial charge in [-0.3, -0.25) is 0 Å². The average molecular weight is 259 g/mol. The number of hydrogen-bond donors (Lipinski definition) is 0. The van der Waals surface area contributed by atoms with E-state index < -0.39 is 18.0 Å². The number of halogens is 4. The predicted molar refractivity (Wildman–Crippen MR) is 50.0 cm³/mol. The van der Waals surface area contributed by atoms with Crippen molar-refractivity contribution in [3.8, 4) is 0 Å². The number of rotatable bonds is 2. The molecule has 1 fully saturated rings. The van der Waals surface area contributed by atoms with Crippen LogP contribution in [0.15, 0.2) is 0 Å². The van der Waals surface area contributed by atoms with E-state index in [-0.39, 0.29) is 0 Å². The molecular weight excluding hydrogens is 245 g/mol. The Balaban J connectivity index is 2.57. The van der Waals surface area contributed by atoms with Gasteiger partial charge in [0.15, 0.2) is 0 Å². The summed E-state index contributed by atoms with van der Waals surface area (Å²) in [6.07, 6.45) is -0.207. The Morgan fingerprint density at radius 3 is 2.00 bits per heavy atom. The summed E-state index contributed by atoms with van der Waals surface area (Å²) in [5.74, 6) is 0. The molecule has 1 rings (SSSR count). The molecule has 0 amide bonds. The first-order valence-electron chi connectivity index (χ1n) is 4.60. The molecule has 0 N–H and O–H groups in total. The maximum atomic E-state index is 12.3. The van der Waals surface area contributed by atoms with Gasteiger partial charge >= 0.3 is 6.18 Å². The minimum Gasteiger partial charge on any atom is -0.171 e. The zero-order valence-electron chi connectivity index (χ0n) is 7.46. The predicted octanol–water partition coefficient (Wildman–Crippen LogP) is 4.28. The molecule has 0 saturated heterocycles. The molecule has 1 aliphatic carbocycles. The van der Waals surface area contributed by atoms with Crippen molar-refractivity contribution in [2.24, 2.45) is 5.41 Å². The Labute approximate surface area is 85.0 Å². The Morgan fingerprint density at radius 1 is 1.08 bits per heavy atom. The summed E-state index contributed by atoms with van der Waals surface area (Å²) in [6, 6.07) is 0. The van der Waals surface area contributed by atoms with Crippen molar-refractivity contribution in [3.63, 3.8) is 0 Å². The maximum absolute atomic E-state index is 12.3. The van der Waals surface area contributed by atoms with Gasteiger partial charge in [0.25, 0.3) is 0 Å². The van der Waals surface area contributed by atoms with Crippen molar-refractivity contribution in [3.05, 3.63) is 0 Å². The van der Waals surface area contributed by atoms with E-state index in [4.69, 9.17) is 0 Å². The lowest BCUT2D eigenvalue weighted by Gasteiger charge is -2.36. The summed E-state index contributed by atoms with van der Waals surface area (Å²) in [5.41, 5.74) is -0.503. The van der Waals surface area contributed by atoms with Gasteiger partial charge in [0.1, 0.15) is 0 Å². The molecule has 0 aromatic heterocycles. The van der Waals surface area contributed by atoms with Gasteiger partial charge in [0.2, 0.25) is 0 Å². The summed E-state index contributed by atoms with van der Waals surface area (Å²) in [6.45, 7) is 0. The first-order chi connectivity index (χ1) is 5.97. The fourth-order valence-electron chi connectivity index (χ4n) is 2.08. The molecule has 0 unspecified atom stereocenters. The van der Waals surface area contributed by atoms with Crippen LogP contribution < -0.4 is 0 Å². The fraction of sp³-hybridized carbons (Fsp3) is 1.00. The first kappa shape index (κ1) is 11.3. The van der Waals surface area contributed by atoms with Gasteiger partial charge in [-0.1, -0.05) is 35.2 Å². The van der Waals surface area contributed by atoms with Gasteiger partial charge in [-0.05, 0) is 18.3 Å². The zero-order chi connectivity index (χ0) is 9.95. The smallest absolute Gasteiger partial charge is 0.171 e. The summed E-state index contributed by atoms with van der Waals surface area (Å²) in [5, 5.41) is 0.486. The quantitative estimate of drug-likeness (QED) is 0.649. The number of hydrogen-bond acceptors (Lipinski definition) is 0. The normalized spacial score (nSPS) is 23.1. The summed E-state index contributed by atoms with van der Waals surface area (Å²) in [7, 11) is 0. The molecule has 0 nitrogen and oxygen atoms in total. The molecule has 1 aliphatic rings. The van der Waals surface area contributed by atoms with Crippen LogP contribution in [0.2, 0.25) is 0 Å². The summed E-state index contributed by atoms with van der Waals surface area (Å²) < 4.78 is 36.8. The third kappa shape index (κ3) is 3.49. The van der Waals surface area contributed by atoms with Crippen LogP contribution in [0.5, 0.6) is 0 Å². The monoisotopic (exact) mass is 258 g/mol. The van der Waals surface area contributed by atoms with Gasteiger partial charge in [-0.25, -0.2) is 0 Å². The molecule has 78 valence electrons. The molecule has 0 aliphatic heterocycles. The van der Waals surface area contributed by atoms with Crippen LogP contribution in [0.3, 0.4) is 0 Å². The zero-order valence-corrected chi connectivity index (χ0v) is 9.05. The molecule has 0 heterocycles. The van der Waals surface area contributed by atoms with Crippen LogP contribution in [0, 0.1) is 5.41 Å². The second kappa shape index (κ2) is 4.20. The lowest BCUT2D eigenvalue weighted by Crippen LogP contribution is -2.31. The Morgan fingerprint density at radius 2 is 1.62 bits per heavy atom. The first-order valence-corrected chi connectivity index (χ1v) is 5.72. The van der Waals surface area contributed by atoms with Gasteiger partial charge in [-0.2, -0.15) is 13.2 Å². The van der Waals surface area contributed by atoms with Crippen LogP contribution in [0.4, 0.5) is 13.2 Å². The van der Waals surface area contributed by atoms with Crippen LogP contribution in [0.25, 0.3) is 0 Å². The van der Waals surface area contributed by atoms with Gasteiger partial charge in [0.05, 0.1) is 0 Å². The highest BCUT2D eigenvalue weighted by molar-refractivity contribution is 9.09. The average Bonchev–Trinajstić information content (AvgIpc) is 2.03. The molecular formula is C9H14BrF3. The fourth-order valence-corrected chi connectivity index (χ4v) is 2.84. The lowest BCUT2D eigenvalue weighted by molar-refractivity contribution is -0.159. The highest BCUT2D eigenvalue weighted by Gasteiger charge is 2.42. The summed E-state index contributed by atoms with van der Waals surface area (Å²) >= 11 is 3.22. The topological polar surface area (TPSA) is 0 Å². The molecule has 0 aromatic rings. The third-order valence-corrected chi connectivity index (χ3v) is 3.96. The molecule has 1 saturated carbocycles. The standard InChI is InChI=1S/C9H14BrF3/c10-7-8(6-9(11,12)13)4-2-1-3-5-8/h1-7H2. The van der Waals surface area contributed by atoms with Crippen molar-refractivity contribution in [1.29, 1.82) is 0 Å². The Bertz CT molecular complexity index is 159. The van der Waals surface area contributed by atoms with Gasteiger partial charge in [-0.15, -0.1) is 0 Å². The molecule has 0 atom stereocenters. The Kier molecular flexibility index (Phi) is 3.66.